The Bertz CT molecular complexity index is 926. The van der Waals surface area contributed by atoms with Crippen molar-refractivity contribution in [1.29, 1.82) is 0 Å². The fourth-order valence-electron chi connectivity index (χ4n) is 3.73. The monoisotopic (exact) mass is 524 g/mol. The molecule has 0 saturated carbocycles. The highest BCUT2D eigenvalue weighted by Crippen LogP contribution is 2.21. The number of carboxylic acids is 1. The quantitative estimate of drug-likeness (QED) is 0.202. The van der Waals surface area contributed by atoms with E-state index in [4.69, 9.17) is 5.73 Å². The SMILES string of the molecule is CC(C)(C)CCC(NC(=O)C(Cc1cscn1)NC(=O)C(CC(N)=O)NC(=O)[C@@H]1CCCN1)C(=O)O. The van der Waals surface area contributed by atoms with Crippen LogP contribution in [-0.2, 0) is 30.4 Å². The highest BCUT2D eigenvalue weighted by Gasteiger charge is 2.33. The van der Waals surface area contributed by atoms with E-state index >= 15 is 0 Å². The average Bonchev–Trinajstić information content (AvgIpc) is 3.48. The summed E-state index contributed by atoms with van der Waals surface area (Å²) in [4.78, 5) is 66.2. The van der Waals surface area contributed by atoms with Gasteiger partial charge in [0.05, 0.1) is 23.7 Å². The average molecular weight is 525 g/mol. The maximum Gasteiger partial charge on any atom is 0.326 e. The normalized spacial score (nSPS) is 18.0. The zero-order valence-corrected chi connectivity index (χ0v) is 21.7. The molecule has 36 heavy (non-hydrogen) atoms. The summed E-state index contributed by atoms with van der Waals surface area (Å²) in [6.07, 6.45) is 1.69. The van der Waals surface area contributed by atoms with Crippen LogP contribution in [0, 0.1) is 5.41 Å². The molecule has 7 N–H and O–H groups in total. The first-order chi connectivity index (χ1) is 16.9. The molecule has 2 rings (SSSR count). The molecular formula is C23H36N6O6S. The number of nitrogens with zero attached hydrogens (tertiary/aromatic N) is 1. The molecule has 2 heterocycles. The molecule has 1 aliphatic heterocycles. The number of primary amides is 1. The van der Waals surface area contributed by atoms with Crippen LogP contribution in [0.15, 0.2) is 10.9 Å². The van der Waals surface area contributed by atoms with Crippen LogP contribution >= 0.6 is 11.3 Å². The molecule has 1 saturated heterocycles. The van der Waals surface area contributed by atoms with Crippen molar-refractivity contribution in [2.24, 2.45) is 11.1 Å². The van der Waals surface area contributed by atoms with Gasteiger partial charge in [0, 0.05) is 11.8 Å². The molecule has 1 aromatic rings. The van der Waals surface area contributed by atoms with E-state index in [-0.39, 0.29) is 18.3 Å². The van der Waals surface area contributed by atoms with Gasteiger partial charge in [0.1, 0.15) is 18.1 Å². The number of nitrogens with two attached hydrogens (primary N) is 1. The van der Waals surface area contributed by atoms with Crippen molar-refractivity contribution in [1.82, 2.24) is 26.3 Å². The summed E-state index contributed by atoms with van der Waals surface area (Å²) in [5, 5.41) is 21.9. The number of carboxylic acid groups (broad SMARTS) is 1. The first-order valence-corrected chi connectivity index (χ1v) is 12.8. The van der Waals surface area contributed by atoms with Crippen molar-refractivity contribution in [2.75, 3.05) is 6.54 Å². The molecule has 0 aliphatic carbocycles. The third-order valence-electron chi connectivity index (χ3n) is 5.74. The fourth-order valence-corrected chi connectivity index (χ4v) is 4.30. The number of aliphatic carboxylic acids is 1. The minimum Gasteiger partial charge on any atom is -0.480 e. The molecule has 12 nitrogen and oxygen atoms in total. The number of hydrogen-bond acceptors (Lipinski definition) is 8. The predicted octanol–water partition coefficient (Wildman–Crippen LogP) is -0.322. The molecule has 0 spiro atoms. The smallest absolute Gasteiger partial charge is 0.326 e. The number of carbonyl (C=O) groups excluding carboxylic acids is 4. The lowest BCUT2D eigenvalue weighted by molar-refractivity contribution is -0.142. The summed E-state index contributed by atoms with van der Waals surface area (Å²) in [6, 6.07) is -4.12. The van der Waals surface area contributed by atoms with Gasteiger partial charge in [0.15, 0.2) is 0 Å². The van der Waals surface area contributed by atoms with E-state index < -0.39 is 60.2 Å². The van der Waals surface area contributed by atoms with Crippen LogP contribution in [0.3, 0.4) is 0 Å². The van der Waals surface area contributed by atoms with Gasteiger partial charge in [-0.2, -0.15) is 0 Å². The number of thiazole rings is 1. The van der Waals surface area contributed by atoms with E-state index in [9.17, 15) is 29.1 Å². The second kappa shape index (κ2) is 13.3. The molecule has 200 valence electrons. The van der Waals surface area contributed by atoms with Crippen LogP contribution in [0.1, 0.15) is 58.6 Å². The number of amides is 4. The van der Waals surface area contributed by atoms with E-state index in [1.165, 1.54) is 11.3 Å². The van der Waals surface area contributed by atoms with Gasteiger partial charge in [-0.15, -0.1) is 11.3 Å². The topological polar surface area (TPSA) is 193 Å². The number of hydrogen-bond donors (Lipinski definition) is 6. The van der Waals surface area contributed by atoms with Crippen LogP contribution < -0.4 is 27.0 Å². The van der Waals surface area contributed by atoms with Crippen molar-refractivity contribution in [3.8, 4) is 0 Å². The second-order valence-electron chi connectivity index (χ2n) is 10.1. The Labute approximate surface area is 214 Å². The van der Waals surface area contributed by atoms with E-state index in [1.807, 2.05) is 20.8 Å². The Balaban J connectivity index is 2.16. The van der Waals surface area contributed by atoms with Gasteiger partial charge in [0.2, 0.25) is 23.6 Å². The van der Waals surface area contributed by atoms with E-state index in [1.54, 1.807) is 10.9 Å². The van der Waals surface area contributed by atoms with Gasteiger partial charge in [-0.1, -0.05) is 20.8 Å². The molecule has 1 aromatic heterocycles. The van der Waals surface area contributed by atoms with Gasteiger partial charge in [-0.05, 0) is 37.6 Å². The first-order valence-electron chi connectivity index (χ1n) is 11.9. The molecule has 13 heteroatoms. The Morgan fingerprint density at radius 1 is 1.14 bits per heavy atom. The Morgan fingerprint density at radius 3 is 2.33 bits per heavy atom. The van der Waals surface area contributed by atoms with Gasteiger partial charge >= 0.3 is 5.97 Å². The van der Waals surface area contributed by atoms with E-state index in [0.29, 0.717) is 25.1 Å². The minimum absolute atomic E-state index is 0.00585. The molecule has 4 atom stereocenters. The number of aromatic nitrogens is 1. The molecule has 1 aliphatic rings. The molecule has 1 fully saturated rings. The van der Waals surface area contributed by atoms with Crippen molar-refractivity contribution < 1.29 is 29.1 Å². The van der Waals surface area contributed by atoms with Crippen LogP contribution in [-0.4, -0.2) is 70.4 Å². The van der Waals surface area contributed by atoms with Crippen LogP contribution in [0.2, 0.25) is 0 Å². The lowest BCUT2D eigenvalue weighted by atomic mass is 9.88. The van der Waals surface area contributed by atoms with E-state index in [0.717, 1.165) is 6.42 Å². The van der Waals surface area contributed by atoms with Crippen LogP contribution in [0.4, 0.5) is 0 Å². The summed E-state index contributed by atoms with van der Waals surface area (Å²) in [6.45, 7) is 6.56. The summed E-state index contributed by atoms with van der Waals surface area (Å²) in [5.41, 5.74) is 7.24. The standard InChI is InChI=1S/C23H36N6O6S/c1-23(2,3)7-6-15(22(34)35)27-20(32)16(9-13-11-36-12-26-13)28-21(33)17(10-18(24)30)29-19(31)14-5-4-8-25-14/h11-12,14-17,25H,4-10H2,1-3H3,(H2,24,30)(H,27,32)(H,28,33)(H,29,31)(H,34,35)/t14-,15?,16?,17?/m0/s1. The third kappa shape index (κ3) is 9.90. The summed E-state index contributed by atoms with van der Waals surface area (Å²) in [7, 11) is 0. The van der Waals surface area contributed by atoms with E-state index in [2.05, 4.69) is 26.3 Å². The molecule has 4 amide bonds. The van der Waals surface area contributed by atoms with Crippen molar-refractivity contribution in [3.63, 3.8) is 0 Å². The van der Waals surface area contributed by atoms with Crippen molar-refractivity contribution in [2.45, 2.75) is 83.5 Å². The Hall–Kier alpha value is -3.06. The maximum absolute atomic E-state index is 13.1. The van der Waals surface area contributed by atoms with Crippen LogP contribution in [0.25, 0.3) is 0 Å². The fraction of sp³-hybridized carbons (Fsp3) is 0.652. The minimum atomic E-state index is -1.29. The Morgan fingerprint density at radius 2 is 1.81 bits per heavy atom. The zero-order valence-electron chi connectivity index (χ0n) is 20.8. The van der Waals surface area contributed by atoms with Crippen molar-refractivity contribution >= 4 is 40.9 Å². The van der Waals surface area contributed by atoms with Gasteiger partial charge in [-0.25, -0.2) is 9.78 Å². The summed E-state index contributed by atoms with van der Waals surface area (Å²) >= 11 is 1.30. The van der Waals surface area contributed by atoms with Gasteiger partial charge in [0.25, 0.3) is 0 Å². The molecule has 0 bridgehead atoms. The van der Waals surface area contributed by atoms with Crippen molar-refractivity contribution in [3.05, 3.63) is 16.6 Å². The van der Waals surface area contributed by atoms with Gasteiger partial charge in [-0.3, -0.25) is 19.2 Å². The largest absolute Gasteiger partial charge is 0.480 e. The molecule has 0 aromatic carbocycles. The van der Waals surface area contributed by atoms with Crippen LogP contribution in [0.5, 0.6) is 0 Å². The molecule has 0 radical (unpaired) electrons. The number of rotatable bonds is 13. The second-order valence-corrected chi connectivity index (χ2v) is 10.8. The highest BCUT2D eigenvalue weighted by molar-refractivity contribution is 7.07. The number of nitrogens with one attached hydrogen (secondary N) is 4. The summed E-state index contributed by atoms with van der Waals surface area (Å²) in [5.74, 6) is -3.92. The molecule has 3 unspecified atom stereocenters. The number of carbonyl (C=O) groups is 5. The maximum atomic E-state index is 13.1. The lowest BCUT2D eigenvalue weighted by Gasteiger charge is -2.25. The zero-order chi connectivity index (χ0) is 26.9. The summed E-state index contributed by atoms with van der Waals surface area (Å²) < 4.78 is 0. The Kier molecular flexibility index (Phi) is 10.8. The highest BCUT2D eigenvalue weighted by atomic mass is 32.1. The lowest BCUT2D eigenvalue weighted by Crippen LogP contribution is -2.58. The third-order valence-corrected chi connectivity index (χ3v) is 6.38. The predicted molar refractivity (Wildman–Crippen MR) is 133 cm³/mol. The first kappa shape index (κ1) is 29.2. The van der Waals surface area contributed by atoms with Gasteiger partial charge < -0.3 is 32.1 Å². The molecular weight excluding hydrogens is 488 g/mol.